The van der Waals surface area contributed by atoms with Gasteiger partial charge in [-0.3, -0.25) is 4.79 Å². The number of rotatable bonds is 5. The van der Waals surface area contributed by atoms with E-state index < -0.39 is 0 Å². The molecule has 6 heteroatoms. The van der Waals surface area contributed by atoms with Gasteiger partial charge in [-0.25, -0.2) is 4.98 Å². The highest BCUT2D eigenvalue weighted by Crippen LogP contribution is 2.28. The van der Waals surface area contributed by atoms with Crippen LogP contribution >= 0.6 is 0 Å². The first-order chi connectivity index (χ1) is 11.0. The smallest absolute Gasteiger partial charge is 0.248 e. The molecule has 0 aliphatic heterocycles. The Morgan fingerprint density at radius 3 is 2.57 bits per heavy atom. The van der Waals surface area contributed by atoms with Crippen LogP contribution in [0, 0.1) is 6.92 Å². The molecular weight excluding hydrogens is 294 g/mol. The van der Waals surface area contributed by atoms with Crippen molar-refractivity contribution >= 4 is 23.5 Å². The van der Waals surface area contributed by atoms with Crippen LogP contribution in [0.3, 0.4) is 0 Å². The predicted molar refractivity (Wildman–Crippen MR) is 90.6 cm³/mol. The minimum atomic E-state index is -0.255. The average molecular weight is 313 g/mol. The lowest BCUT2D eigenvalue weighted by Gasteiger charge is -2.08. The standard InChI is InChI=1S/C17H19N3O3/c1-11-13(6-8-16(18)19-11)20-17(21)9-5-12-4-7-14(22-2)15(10-12)23-3/h4-10H,1-3H3,(H2,18,19)(H,20,21)/b9-5+. The molecule has 120 valence electrons. The minimum absolute atomic E-state index is 0.255. The van der Waals surface area contributed by atoms with Crippen molar-refractivity contribution < 1.29 is 14.3 Å². The van der Waals surface area contributed by atoms with Crippen LogP contribution in [0.2, 0.25) is 0 Å². The summed E-state index contributed by atoms with van der Waals surface area (Å²) in [6.45, 7) is 1.78. The molecule has 1 aromatic carbocycles. The number of aromatic nitrogens is 1. The number of pyridine rings is 1. The molecule has 0 aliphatic rings. The summed E-state index contributed by atoms with van der Waals surface area (Å²) < 4.78 is 10.4. The molecule has 0 radical (unpaired) electrons. The molecule has 3 N–H and O–H groups in total. The number of anilines is 2. The van der Waals surface area contributed by atoms with E-state index in [-0.39, 0.29) is 5.91 Å². The molecule has 23 heavy (non-hydrogen) atoms. The lowest BCUT2D eigenvalue weighted by molar-refractivity contribution is -0.111. The Bertz CT molecular complexity index is 742. The summed E-state index contributed by atoms with van der Waals surface area (Å²) in [5, 5.41) is 2.76. The fourth-order valence-electron chi connectivity index (χ4n) is 2.02. The third-order valence-electron chi connectivity index (χ3n) is 3.20. The number of nitrogens with zero attached hydrogens (tertiary/aromatic N) is 1. The van der Waals surface area contributed by atoms with Crippen molar-refractivity contribution in [3.05, 3.63) is 47.7 Å². The zero-order valence-corrected chi connectivity index (χ0v) is 13.3. The Balaban J connectivity index is 2.09. The van der Waals surface area contributed by atoms with Crippen molar-refractivity contribution in [2.45, 2.75) is 6.92 Å². The van der Waals surface area contributed by atoms with Gasteiger partial charge in [0.1, 0.15) is 5.82 Å². The minimum Gasteiger partial charge on any atom is -0.493 e. The maximum atomic E-state index is 12.0. The number of carbonyl (C=O) groups excluding carboxylic acids is 1. The summed E-state index contributed by atoms with van der Waals surface area (Å²) in [4.78, 5) is 16.1. The molecule has 2 rings (SSSR count). The molecule has 1 amide bonds. The monoisotopic (exact) mass is 313 g/mol. The second kappa shape index (κ2) is 7.31. The van der Waals surface area contributed by atoms with E-state index >= 15 is 0 Å². The van der Waals surface area contributed by atoms with Gasteiger partial charge in [0.25, 0.3) is 0 Å². The van der Waals surface area contributed by atoms with Crippen LogP contribution in [0.15, 0.2) is 36.4 Å². The second-order valence-corrected chi connectivity index (χ2v) is 4.81. The predicted octanol–water partition coefficient (Wildman–Crippen LogP) is 2.64. The van der Waals surface area contributed by atoms with Gasteiger partial charge < -0.3 is 20.5 Å². The van der Waals surface area contributed by atoms with Gasteiger partial charge >= 0.3 is 0 Å². The summed E-state index contributed by atoms with van der Waals surface area (Å²) in [5.74, 6) is 1.40. The Kier molecular flexibility index (Phi) is 5.19. The number of ether oxygens (including phenoxy) is 2. The molecule has 0 unspecified atom stereocenters. The quantitative estimate of drug-likeness (QED) is 0.829. The van der Waals surface area contributed by atoms with E-state index in [9.17, 15) is 4.79 Å². The average Bonchev–Trinajstić information content (AvgIpc) is 2.55. The molecule has 0 saturated carbocycles. The maximum absolute atomic E-state index is 12.0. The number of methoxy groups -OCH3 is 2. The van der Waals surface area contributed by atoms with E-state index in [0.717, 1.165) is 5.56 Å². The fraction of sp³-hybridized carbons (Fsp3) is 0.176. The number of hydrogen-bond donors (Lipinski definition) is 2. The third kappa shape index (κ3) is 4.23. The third-order valence-corrected chi connectivity index (χ3v) is 3.20. The maximum Gasteiger partial charge on any atom is 0.248 e. The Morgan fingerprint density at radius 1 is 1.17 bits per heavy atom. The highest BCUT2D eigenvalue weighted by molar-refractivity contribution is 6.02. The van der Waals surface area contributed by atoms with Gasteiger partial charge in [-0.05, 0) is 42.8 Å². The van der Waals surface area contributed by atoms with Crippen LogP contribution in [-0.2, 0) is 4.79 Å². The van der Waals surface area contributed by atoms with Crippen LogP contribution < -0.4 is 20.5 Å². The lowest BCUT2D eigenvalue weighted by Crippen LogP contribution is -2.10. The zero-order chi connectivity index (χ0) is 16.8. The van der Waals surface area contributed by atoms with E-state index in [1.807, 2.05) is 6.07 Å². The van der Waals surface area contributed by atoms with E-state index in [2.05, 4.69) is 10.3 Å². The lowest BCUT2D eigenvalue weighted by atomic mass is 10.2. The number of nitrogens with one attached hydrogen (secondary N) is 1. The largest absolute Gasteiger partial charge is 0.493 e. The number of nitrogens with two attached hydrogens (primary N) is 1. The topological polar surface area (TPSA) is 86.5 Å². The van der Waals surface area contributed by atoms with Crippen LogP contribution in [0.4, 0.5) is 11.5 Å². The van der Waals surface area contributed by atoms with E-state index in [1.165, 1.54) is 6.08 Å². The van der Waals surface area contributed by atoms with E-state index in [4.69, 9.17) is 15.2 Å². The number of hydrogen-bond acceptors (Lipinski definition) is 5. The number of aryl methyl sites for hydroxylation is 1. The molecule has 0 bridgehead atoms. The Hall–Kier alpha value is -3.02. The molecule has 0 atom stereocenters. The second-order valence-electron chi connectivity index (χ2n) is 4.81. The van der Waals surface area contributed by atoms with Gasteiger partial charge in [0.05, 0.1) is 25.6 Å². The first-order valence-corrected chi connectivity index (χ1v) is 6.97. The molecule has 0 saturated heterocycles. The normalized spacial score (nSPS) is 10.6. The molecule has 1 heterocycles. The summed E-state index contributed by atoms with van der Waals surface area (Å²) >= 11 is 0. The first-order valence-electron chi connectivity index (χ1n) is 6.97. The van der Waals surface area contributed by atoms with Gasteiger partial charge in [0.2, 0.25) is 5.91 Å². The molecule has 2 aromatic rings. The highest BCUT2D eigenvalue weighted by atomic mass is 16.5. The summed E-state index contributed by atoms with van der Waals surface area (Å²) in [5.41, 5.74) is 7.70. The van der Waals surface area contributed by atoms with Gasteiger partial charge in [0, 0.05) is 6.08 Å². The summed E-state index contributed by atoms with van der Waals surface area (Å²) in [6, 6.07) is 8.77. The number of carbonyl (C=O) groups is 1. The van der Waals surface area contributed by atoms with Crippen molar-refractivity contribution in [2.75, 3.05) is 25.3 Å². The number of benzene rings is 1. The molecular formula is C17H19N3O3. The van der Waals surface area contributed by atoms with Crippen LogP contribution in [0.1, 0.15) is 11.3 Å². The number of nitrogen functional groups attached to an aromatic ring is 1. The Morgan fingerprint density at radius 2 is 1.91 bits per heavy atom. The molecule has 0 fully saturated rings. The van der Waals surface area contributed by atoms with Gasteiger partial charge in [-0.15, -0.1) is 0 Å². The van der Waals surface area contributed by atoms with Crippen molar-refractivity contribution in [3.8, 4) is 11.5 Å². The summed E-state index contributed by atoms with van der Waals surface area (Å²) in [7, 11) is 3.14. The van der Waals surface area contributed by atoms with Crippen LogP contribution in [0.5, 0.6) is 11.5 Å². The molecule has 0 spiro atoms. The van der Waals surface area contributed by atoms with Gasteiger partial charge in [-0.2, -0.15) is 0 Å². The van der Waals surface area contributed by atoms with E-state index in [1.54, 1.807) is 51.5 Å². The SMILES string of the molecule is COc1ccc(/C=C/C(=O)Nc2ccc(N)nc2C)cc1OC. The van der Waals surface area contributed by atoms with Crippen molar-refractivity contribution in [3.63, 3.8) is 0 Å². The first kappa shape index (κ1) is 16.4. The fourth-order valence-corrected chi connectivity index (χ4v) is 2.02. The van der Waals surface area contributed by atoms with Gasteiger partial charge in [0.15, 0.2) is 11.5 Å². The summed E-state index contributed by atoms with van der Waals surface area (Å²) in [6.07, 6.45) is 3.13. The van der Waals surface area contributed by atoms with Crippen LogP contribution in [-0.4, -0.2) is 25.1 Å². The highest BCUT2D eigenvalue weighted by Gasteiger charge is 2.05. The van der Waals surface area contributed by atoms with Crippen molar-refractivity contribution in [1.82, 2.24) is 4.98 Å². The van der Waals surface area contributed by atoms with Gasteiger partial charge in [-0.1, -0.05) is 6.07 Å². The molecule has 1 aromatic heterocycles. The van der Waals surface area contributed by atoms with Crippen molar-refractivity contribution in [1.29, 1.82) is 0 Å². The van der Waals surface area contributed by atoms with E-state index in [0.29, 0.717) is 28.7 Å². The molecule has 6 nitrogen and oxygen atoms in total. The number of amides is 1. The molecule has 0 aliphatic carbocycles. The van der Waals surface area contributed by atoms with Crippen molar-refractivity contribution in [2.24, 2.45) is 0 Å². The zero-order valence-electron chi connectivity index (χ0n) is 13.3. The van der Waals surface area contributed by atoms with Crippen LogP contribution in [0.25, 0.3) is 6.08 Å². The Labute approximate surface area is 134 Å².